The van der Waals surface area contributed by atoms with Crippen LogP contribution < -0.4 is 4.74 Å². The molecule has 0 unspecified atom stereocenters. The molecule has 0 atom stereocenters. The molecule has 150 valence electrons. The highest BCUT2D eigenvalue weighted by atomic mass is 79.9. The number of rotatable bonds is 4. The number of thioether (sulfide) groups is 1. The number of nitrogens with one attached hydrogen (secondary N) is 1. The van der Waals surface area contributed by atoms with Gasteiger partial charge in [-0.15, -0.1) is 11.8 Å². The summed E-state index contributed by atoms with van der Waals surface area (Å²) in [6, 6.07) is 7.64. The van der Waals surface area contributed by atoms with E-state index in [4.69, 9.17) is 32.7 Å². The summed E-state index contributed by atoms with van der Waals surface area (Å²) in [6.45, 7) is 2.08. The van der Waals surface area contributed by atoms with Gasteiger partial charge >= 0.3 is 5.97 Å². The van der Waals surface area contributed by atoms with Crippen molar-refractivity contribution in [3.8, 4) is 28.1 Å². The van der Waals surface area contributed by atoms with Gasteiger partial charge in [-0.05, 0) is 58.2 Å². The maximum Gasteiger partial charge on any atom is 0.357 e. The average molecular weight is 514 g/mol. The first-order valence-corrected chi connectivity index (χ1v) is 11.2. The predicted octanol–water partition coefficient (Wildman–Crippen LogP) is 6.60. The summed E-state index contributed by atoms with van der Waals surface area (Å²) in [6.07, 6.45) is 0. The molecule has 1 aromatic heterocycles. The number of H-pyrrole nitrogens is 1. The monoisotopic (exact) mass is 512 g/mol. The molecule has 3 aromatic rings. The van der Waals surface area contributed by atoms with Gasteiger partial charge in [-0.25, -0.2) is 4.79 Å². The summed E-state index contributed by atoms with van der Waals surface area (Å²) in [4.78, 5) is 13.0. The Balaban J connectivity index is 1.87. The lowest BCUT2D eigenvalue weighted by Crippen LogP contribution is -2.07. The van der Waals surface area contributed by atoms with E-state index in [2.05, 4.69) is 26.1 Å². The van der Waals surface area contributed by atoms with Crippen LogP contribution in [0.2, 0.25) is 10.0 Å². The van der Waals surface area contributed by atoms with Crippen molar-refractivity contribution in [3.05, 3.63) is 50.0 Å². The highest BCUT2D eigenvalue weighted by Crippen LogP contribution is 2.47. The van der Waals surface area contributed by atoms with Gasteiger partial charge in [0.25, 0.3) is 0 Å². The zero-order chi connectivity index (χ0) is 20.7. The van der Waals surface area contributed by atoms with E-state index in [1.165, 1.54) is 0 Å². The van der Waals surface area contributed by atoms with Gasteiger partial charge in [0.15, 0.2) is 5.69 Å². The number of carbonyl (C=O) groups excluding carboxylic acids is 1. The Morgan fingerprint density at radius 3 is 2.62 bits per heavy atom. The molecule has 5 nitrogen and oxygen atoms in total. The van der Waals surface area contributed by atoms with Gasteiger partial charge in [-0.1, -0.05) is 23.2 Å². The minimum absolute atomic E-state index is 0.306. The third kappa shape index (κ3) is 3.65. The molecule has 0 saturated heterocycles. The molecular formula is C20H15BrCl2N2O3S. The van der Waals surface area contributed by atoms with Gasteiger partial charge < -0.3 is 9.47 Å². The molecule has 0 fully saturated rings. The molecule has 0 bridgehead atoms. The highest BCUT2D eigenvalue weighted by Gasteiger charge is 2.28. The predicted molar refractivity (Wildman–Crippen MR) is 119 cm³/mol. The normalized spacial score (nSPS) is 12.3. The molecule has 2 heterocycles. The molecule has 0 amide bonds. The number of nitrogens with zero attached hydrogens (tertiary/aromatic N) is 1. The van der Waals surface area contributed by atoms with E-state index in [0.717, 1.165) is 32.8 Å². The first kappa shape index (κ1) is 20.6. The summed E-state index contributed by atoms with van der Waals surface area (Å²) in [5.74, 6) is 0.994. The number of aromatic nitrogens is 2. The lowest BCUT2D eigenvalue weighted by Gasteiger charge is -2.19. The molecule has 2 aromatic carbocycles. The van der Waals surface area contributed by atoms with Crippen LogP contribution in [-0.4, -0.2) is 29.9 Å². The molecule has 1 aliphatic rings. The second-order valence-corrected chi connectivity index (χ2v) is 8.84. The Morgan fingerprint density at radius 1 is 1.24 bits per heavy atom. The third-order valence-electron chi connectivity index (χ3n) is 4.55. The average Bonchev–Trinajstić information content (AvgIpc) is 3.15. The van der Waals surface area contributed by atoms with Crippen molar-refractivity contribution < 1.29 is 14.3 Å². The van der Waals surface area contributed by atoms with Crippen LogP contribution in [0.4, 0.5) is 0 Å². The minimum Gasteiger partial charge on any atom is -0.496 e. The van der Waals surface area contributed by atoms with Crippen molar-refractivity contribution in [1.29, 1.82) is 0 Å². The standard InChI is InChI=1S/C20H15BrCl2N2O3S/c1-3-28-20(26)18-19-17(24-25-18)12-7-11(15(27-2)6-10(12)8-29-19)9-4-13(22)16(21)14(23)5-9/h4-7H,3,8H2,1-2H3,(H,24,25). The van der Waals surface area contributed by atoms with Crippen LogP contribution in [0.15, 0.2) is 33.6 Å². The minimum atomic E-state index is -0.405. The number of esters is 1. The molecule has 0 saturated carbocycles. The lowest BCUT2D eigenvalue weighted by atomic mass is 9.96. The van der Waals surface area contributed by atoms with Gasteiger partial charge in [0.1, 0.15) is 11.4 Å². The summed E-state index contributed by atoms with van der Waals surface area (Å²) >= 11 is 17.5. The first-order valence-electron chi connectivity index (χ1n) is 8.69. The number of methoxy groups -OCH3 is 1. The van der Waals surface area contributed by atoms with E-state index in [0.29, 0.717) is 38.3 Å². The maximum atomic E-state index is 12.2. The summed E-state index contributed by atoms with van der Waals surface area (Å²) < 4.78 is 11.4. The largest absolute Gasteiger partial charge is 0.496 e. The smallest absolute Gasteiger partial charge is 0.357 e. The van der Waals surface area contributed by atoms with E-state index in [1.807, 2.05) is 24.3 Å². The van der Waals surface area contributed by atoms with Gasteiger partial charge in [-0.2, -0.15) is 5.10 Å². The third-order valence-corrected chi connectivity index (χ3v) is 7.60. The van der Waals surface area contributed by atoms with Gasteiger partial charge in [0.05, 0.1) is 33.1 Å². The van der Waals surface area contributed by atoms with Crippen molar-refractivity contribution in [1.82, 2.24) is 10.2 Å². The van der Waals surface area contributed by atoms with E-state index in [-0.39, 0.29) is 0 Å². The Hall–Kier alpha value is -1.67. The second-order valence-electron chi connectivity index (χ2n) is 6.25. The summed E-state index contributed by atoms with van der Waals surface area (Å²) in [5, 5.41) is 8.24. The Morgan fingerprint density at radius 2 is 1.97 bits per heavy atom. The van der Waals surface area contributed by atoms with Crippen molar-refractivity contribution in [2.24, 2.45) is 0 Å². The van der Waals surface area contributed by atoms with Crippen LogP contribution >= 0.6 is 50.9 Å². The van der Waals surface area contributed by atoms with E-state index in [9.17, 15) is 4.79 Å². The summed E-state index contributed by atoms with van der Waals surface area (Å²) in [5.41, 5.74) is 4.75. The topological polar surface area (TPSA) is 64.2 Å². The lowest BCUT2D eigenvalue weighted by molar-refractivity contribution is 0.0515. The number of benzene rings is 2. The van der Waals surface area contributed by atoms with Crippen LogP contribution in [0, 0.1) is 0 Å². The van der Waals surface area contributed by atoms with Crippen molar-refractivity contribution in [3.63, 3.8) is 0 Å². The fourth-order valence-corrected chi connectivity index (χ4v) is 5.03. The van der Waals surface area contributed by atoms with E-state index < -0.39 is 5.97 Å². The highest BCUT2D eigenvalue weighted by molar-refractivity contribution is 9.10. The fourth-order valence-electron chi connectivity index (χ4n) is 3.21. The van der Waals surface area contributed by atoms with Gasteiger partial charge in [0.2, 0.25) is 0 Å². The van der Waals surface area contributed by atoms with Crippen molar-refractivity contribution in [2.75, 3.05) is 13.7 Å². The van der Waals surface area contributed by atoms with Crippen LogP contribution in [-0.2, 0) is 10.5 Å². The fraction of sp³-hybridized carbons (Fsp3) is 0.200. The number of hydrogen-bond donors (Lipinski definition) is 1. The molecule has 0 radical (unpaired) electrons. The first-order chi connectivity index (χ1) is 13.9. The van der Waals surface area contributed by atoms with Crippen LogP contribution in [0.1, 0.15) is 23.0 Å². The molecule has 4 rings (SSSR count). The SMILES string of the molecule is CCOC(=O)c1[nH]nc2c1SCc1cc(OC)c(-c3cc(Cl)c(Br)c(Cl)c3)cc1-2. The van der Waals surface area contributed by atoms with Crippen LogP contribution in [0.5, 0.6) is 5.75 Å². The van der Waals surface area contributed by atoms with Crippen molar-refractivity contribution in [2.45, 2.75) is 17.6 Å². The van der Waals surface area contributed by atoms with Gasteiger partial charge in [0, 0.05) is 16.9 Å². The molecule has 29 heavy (non-hydrogen) atoms. The molecular weight excluding hydrogens is 499 g/mol. The Bertz CT molecular complexity index is 1110. The molecule has 0 aliphatic carbocycles. The second kappa shape index (κ2) is 8.22. The zero-order valence-corrected chi connectivity index (χ0v) is 19.4. The number of hydrogen-bond acceptors (Lipinski definition) is 5. The zero-order valence-electron chi connectivity index (χ0n) is 15.4. The Kier molecular flexibility index (Phi) is 5.84. The van der Waals surface area contributed by atoms with E-state index in [1.54, 1.807) is 25.8 Å². The van der Waals surface area contributed by atoms with E-state index >= 15 is 0 Å². The van der Waals surface area contributed by atoms with Crippen LogP contribution in [0.25, 0.3) is 22.4 Å². The van der Waals surface area contributed by atoms with Gasteiger partial charge in [-0.3, -0.25) is 5.10 Å². The number of aromatic amines is 1. The number of carbonyl (C=O) groups is 1. The number of halogens is 3. The molecule has 1 aliphatic heterocycles. The maximum absolute atomic E-state index is 12.2. The summed E-state index contributed by atoms with van der Waals surface area (Å²) in [7, 11) is 1.63. The molecule has 0 spiro atoms. The number of fused-ring (bicyclic) bond motifs is 3. The quantitative estimate of drug-likeness (QED) is 0.314. The number of ether oxygens (including phenoxy) is 2. The van der Waals surface area contributed by atoms with Crippen molar-refractivity contribution >= 4 is 56.9 Å². The Labute approximate surface area is 190 Å². The molecule has 1 N–H and O–H groups in total. The van der Waals surface area contributed by atoms with Crippen LogP contribution in [0.3, 0.4) is 0 Å². The molecule has 9 heteroatoms.